The Labute approximate surface area is 114 Å². The standard InChI is InChI=1S/C14H21ClN2O/c15-13-5-3-12(4-6-13)14(2-1-7-16)17-8-10-18-11-9-17/h3-6,14H,1-2,7-11,16H2. The number of nitrogens with two attached hydrogens (primary N) is 1. The summed E-state index contributed by atoms with van der Waals surface area (Å²) >= 11 is 5.95. The van der Waals surface area contributed by atoms with Crippen LogP contribution in [0.25, 0.3) is 0 Å². The molecular weight excluding hydrogens is 248 g/mol. The highest BCUT2D eigenvalue weighted by Crippen LogP contribution is 2.27. The number of nitrogens with zero attached hydrogens (tertiary/aromatic N) is 1. The number of rotatable bonds is 5. The second-order valence-corrected chi connectivity index (χ2v) is 5.08. The van der Waals surface area contributed by atoms with Gasteiger partial charge in [0.15, 0.2) is 0 Å². The Hall–Kier alpha value is -0.610. The van der Waals surface area contributed by atoms with E-state index in [1.807, 2.05) is 12.1 Å². The van der Waals surface area contributed by atoms with Crippen molar-refractivity contribution in [3.63, 3.8) is 0 Å². The van der Waals surface area contributed by atoms with Crippen LogP contribution >= 0.6 is 11.6 Å². The fourth-order valence-electron chi connectivity index (χ4n) is 2.45. The monoisotopic (exact) mass is 268 g/mol. The van der Waals surface area contributed by atoms with Crippen molar-refractivity contribution >= 4 is 11.6 Å². The van der Waals surface area contributed by atoms with Crippen LogP contribution in [-0.4, -0.2) is 37.7 Å². The zero-order valence-electron chi connectivity index (χ0n) is 10.6. The van der Waals surface area contributed by atoms with Gasteiger partial charge in [-0.3, -0.25) is 4.90 Å². The van der Waals surface area contributed by atoms with Gasteiger partial charge >= 0.3 is 0 Å². The van der Waals surface area contributed by atoms with Gasteiger partial charge in [-0.2, -0.15) is 0 Å². The molecular formula is C14H21ClN2O. The first-order valence-corrected chi connectivity index (χ1v) is 6.96. The molecule has 1 aromatic rings. The van der Waals surface area contributed by atoms with E-state index in [0.717, 1.165) is 50.7 Å². The normalized spacial score (nSPS) is 18.8. The van der Waals surface area contributed by atoms with Gasteiger partial charge in [0.05, 0.1) is 13.2 Å². The van der Waals surface area contributed by atoms with Crippen molar-refractivity contribution in [2.45, 2.75) is 18.9 Å². The third-order valence-corrected chi connectivity index (χ3v) is 3.67. The summed E-state index contributed by atoms with van der Waals surface area (Å²) in [5.41, 5.74) is 6.97. The molecule has 100 valence electrons. The predicted octanol–water partition coefficient (Wildman–Crippen LogP) is 2.45. The fraction of sp³-hybridized carbons (Fsp3) is 0.571. The van der Waals surface area contributed by atoms with E-state index in [0.29, 0.717) is 6.04 Å². The van der Waals surface area contributed by atoms with Gasteiger partial charge in [0, 0.05) is 24.2 Å². The first kappa shape index (κ1) is 13.8. The Morgan fingerprint density at radius 3 is 2.50 bits per heavy atom. The summed E-state index contributed by atoms with van der Waals surface area (Å²) < 4.78 is 5.42. The minimum Gasteiger partial charge on any atom is -0.379 e. The van der Waals surface area contributed by atoms with Crippen molar-refractivity contribution in [2.24, 2.45) is 5.73 Å². The molecule has 1 aliphatic rings. The summed E-state index contributed by atoms with van der Waals surface area (Å²) in [6.07, 6.45) is 2.14. The molecule has 1 atom stereocenters. The zero-order chi connectivity index (χ0) is 12.8. The molecule has 0 radical (unpaired) electrons. The number of ether oxygens (including phenoxy) is 1. The van der Waals surface area contributed by atoms with E-state index < -0.39 is 0 Å². The van der Waals surface area contributed by atoms with Gasteiger partial charge in [0.25, 0.3) is 0 Å². The molecule has 1 heterocycles. The molecule has 18 heavy (non-hydrogen) atoms. The van der Waals surface area contributed by atoms with Crippen LogP contribution in [0.4, 0.5) is 0 Å². The van der Waals surface area contributed by atoms with Crippen molar-refractivity contribution in [3.8, 4) is 0 Å². The molecule has 1 aromatic carbocycles. The summed E-state index contributed by atoms with van der Waals surface area (Å²) in [6.45, 7) is 4.39. The second kappa shape index (κ2) is 7.10. The highest BCUT2D eigenvalue weighted by atomic mass is 35.5. The van der Waals surface area contributed by atoms with Crippen molar-refractivity contribution < 1.29 is 4.74 Å². The van der Waals surface area contributed by atoms with Gasteiger partial charge in [0.1, 0.15) is 0 Å². The SMILES string of the molecule is NCCCC(c1ccc(Cl)cc1)N1CCOCC1. The van der Waals surface area contributed by atoms with Crippen LogP contribution in [0, 0.1) is 0 Å². The molecule has 0 bridgehead atoms. The quantitative estimate of drug-likeness (QED) is 0.892. The lowest BCUT2D eigenvalue weighted by molar-refractivity contribution is 0.0139. The molecule has 4 heteroatoms. The number of hydrogen-bond donors (Lipinski definition) is 1. The molecule has 0 amide bonds. The summed E-state index contributed by atoms with van der Waals surface area (Å²) in [5.74, 6) is 0. The van der Waals surface area contributed by atoms with Crippen LogP contribution in [-0.2, 0) is 4.74 Å². The van der Waals surface area contributed by atoms with E-state index in [-0.39, 0.29) is 0 Å². The molecule has 0 spiro atoms. The lowest BCUT2D eigenvalue weighted by atomic mass is 10.00. The molecule has 2 N–H and O–H groups in total. The highest BCUT2D eigenvalue weighted by Gasteiger charge is 2.21. The molecule has 1 aliphatic heterocycles. The Morgan fingerprint density at radius 1 is 1.22 bits per heavy atom. The van der Waals surface area contributed by atoms with E-state index in [1.54, 1.807) is 0 Å². The molecule has 3 nitrogen and oxygen atoms in total. The minimum absolute atomic E-state index is 0.440. The van der Waals surface area contributed by atoms with Crippen LogP contribution in [0.2, 0.25) is 5.02 Å². The maximum absolute atomic E-state index is 5.95. The average Bonchev–Trinajstić information content (AvgIpc) is 2.42. The van der Waals surface area contributed by atoms with E-state index in [1.165, 1.54) is 5.56 Å². The zero-order valence-corrected chi connectivity index (χ0v) is 11.4. The van der Waals surface area contributed by atoms with Crippen LogP contribution in [0.5, 0.6) is 0 Å². The van der Waals surface area contributed by atoms with Crippen molar-refractivity contribution in [1.29, 1.82) is 0 Å². The van der Waals surface area contributed by atoms with E-state index >= 15 is 0 Å². The van der Waals surface area contributed by atoms with E-state index in [2.05, 4.69) is 17.0 Å². The largest absolute Gasteiger partial charge is 0.379 e. The third kappa shape index (κ3) is 3.69. The van der Waals surface area contributed by atoms with Gasteiger partial charge in [0.2, 0.25) is 0 Å². The van der Waals surface area contributed by atoms with Gasteiger partial charge in [-0.15, -0.1) is 0 Å². The van der Waals surface area contributed by atoms with Crippen LogP contribution in [0.1, 0.15) is 24.4 Å². The Balaban J connectivity index is 2.10. The number of morpholine rings is 1. The van der Waals surface area contributed by atoms with Crippen molar-refractivity contribution in [1.82, 2.24) is 4.90 Å². The number of benzene rings is 1. The molecule has 1 fully saturated rings. The Morgan fingerprint density at radius 2 is 1.89 bits per heavy atom. The molecule has 0 aliphatic carbocycles. The summed E-state index contributed by atoms with van der Waals surface area (Å²) in [7, 11) is 0. The van der Waals surface area contributed by atoms with E-state index in [9.17, 15) is 0 Å². The minimum atomic E-state index is 0.440. The van der Waals surface area contributed by atoms with Crippen LogP contribution in [0.3, 0.4) is 0 Å². The average molecular weight is 269 g/mol. The fourth-order valence-corrected chi connectivity index (χ4v) is 2.57. The predicted molar refractivity (Wildman–Crippen MR) is 74.9 cm³/mol. The first-order valence-electron chi connectivity index (χ1n) is 6.58. The van der Waals surface area contributed by atoms with E-state index in [4.69, 9.17) is 22.1 Å². The Bertz CT molecular complexity index is 349. The lowest BCUT2D eigenvalue weighted by Gasteiger charge is -2.35. The summed E-state index contributed by atoms with van der Waals surface area (Å²) in [4.78, 5) is 2.49. The lowest BCUT2D eigenvalue weighted by Crippen LogP contribution is -2.39. The molecule has 1 unspecified atom stereocenters. The maximum atomic E-state index is 5.95. The maximum Gasteiger partial charge on any atom is 0.0594 e. The molecule has 0 aromatic heterocycles. The molecule has 1 saturated heterocycles. The van der Waals surface area contributed by atoms with Crippen molar-refractivity contribution in [2.75, 3.05) is 32.8 Å². The topological polar surface area (TPSA) is 38.5 Å². The number of halogens is 1. The molecule has 0 saturated carbocycles. The van der Waals surface area contributed by atoms with Gasteiger partial charge < -0.3 is 10.5 Å². The first-order chi connectivity index (χ1) is 8.81. The third-order valence-electron chi connectivity index (χ3n) is 3.42. The Kier molecular flexibility index (Phi) is 5.45. The van der Waals surface area contributed by atoms with Gasteiger partial charge in [-0.05, 0) is 37.1 Å². The number of hydrogen-bond acceptors (Lipinski definition) is 3. The van der Waals surface area contributed by atoms with Gasteiger partial charge in [-0.25, -0.2) is 0 Å². The van der Waals surface area contributed by atoms with Crippen LogP contribution < -0.4 is 5.73 Å². The van der Waals surface area contributed by atoms with Crippen molar-refractivity contribution in [3.05, 3.63) is 34.9 Å². The van der Waals surface area contributed by atoms with Crippen LogP contribution in [0.15, 0.2) is 24.3 Å². The smallest absolute Gasteiger partial charge is 0.0594 e. The van der Waals surface area contributed by atoms with Gasteiger partial charge in [-0.1, -0.05) is 23.7 Å². The summed E-state index contributed by atoms with van der Waals surface area (Å²) in [6, 6.07) is 8.62. The highest BCUT2D eigenvalue weighted by molar-refractivity contribution is 6.30. The molecule has 2 rings (SSSR count). The summed E-state index contributed by atoms with van der Waals surface area (Å²) in [5, 5.41) is 0.790. The second-order valence-electron chi connectivity index (χ2n) is 4.65.